The molecule has 1 aliphatic rings. The van der Waals surface area contributed by atoms with Crippen molar-refractivity contribution in [1.82, 2.24) is 4.90 Å². The summed E-state index contributed by atoms with van der Waals surface area (Å²) in [5.74, 6) is -1.40. The number of rotatable bonds is 8. The molecular weight excluding hydrogens is 246 g/mol. The summed E-state index contributed by atoms with van der Waals surface area (Å²) in [7, 11) is 0. The molecule has 1 N–H and O–H groups in total. The number of hydrogen-bond acceptors (Lipinski definition) is 3. The van der Waals surface area contributed by atoms with Gasteiger partial charge in [0.2, 0.25) is 5.91 Å². The molecule has 0 aliphatic carbocycles. The molecule has 2 atom stereocenters. The zero-order chi connectivity index (χ0) is 14.3. The van der Waals surface area contributed by atoms with Crippen molar-refractivity contribution < 1.29 is 19.4 Å². The third-order valence-electron chi connectivity index (χ3n) is 3.67. The standard InChI is InChI=1S/C14H25NO4/c1-3-5-6-7-8-13(16)15(4-2)12-10-19-9-11(12)14(17)18/h11-12H,3-10H2,1-2H3,(H,17,18). The van der Waals surface area contributed by atoms with Gasteiger partial charge in [-0.25, -0.2) is 0 Å². The molecule has 19 heavy (non-hydrogen) atoms. The van der Waals surface area contributed by atoms with E-state index in [2.05, 4.69) is 6.92 Å². The van der Waals surface area contributed by atoms with Crippen molar-refractivity contribution in [3.8, 4) is 0 Å². The second kappa shape index (κ2) is 8.15. The fourth-order valence-corrected chi connectivity index (χ4v) is 2.53. The average Bonchev–Trinajstić information content (AvgIpc) is 2.85. The zero-order valence-electron chi connectivity index (χ0n) is 11.9. The zero-order valence-corrected chi connectivity index (χ0v) is 11.9. The van der Waals surface area contributed by atoms with E-state index in [1.165, 1.54) is 0 Å². The van der Waals surface area contributed by atoms with Crippen molar-refractivity contribution in [3.63, 3.8) is 0 Å². The highest BCUT2D eigenvalue weighted by molar-refractivity contribution is 5.78. The molecule has 0 aromatic heterocycles. The number of carboxylic acids is 1. The van der Waals surface area contributed by atoms with Gasteiger partial charge < -0.3 is 14.7 Å². The molecule has 0 aromatic rings. The average molecular weight is 271 g/mol. The molecule has 5 nitrogen and oxygen atoms in total. The Bertz CT molecular complexity index is 306. The van der Waals surface area contributed by atoms with Gasteiger partial charge in [0.15, 0.2) is 0 Å². The number of aliphatic carboxylic acids is 1. The molecule has 0 saturated carbocycles. The van der Waals surface area contributed by atoms with E-state index in [-0.39, 0.29) is 18.6 Å². The Labute approximate surface area is 114 Å². The minimum Gasteiger partial charge on any atom is -0.481 e. The number of carboxylic acid groups (broad SMARTS) is 1. The van der Waals surface area contributed by atoms with Gasteiger partial charge in [-0.1, -0.05) is 26.2 Å². The highest BCUT2D eigenvalue weighted by atomic mass is 16.5. The molecule has 2 unspecified atom stereocenters. The normalized spacial score (nSPS) is 22.4. The molecule has 0 radical (unpaired) electrons. The fourth-order valence-electron chi connectivity index (χ4n) is 2.53. The predicted octanol–water partition coefficient (Wildman–Crippen LogP) is 1.90. The fraction of sp³-hybridized carbons (Fsp3) is 0.857. The molecule has 0 spiro atoms. The second-order valence-electron chi connectivity index (χ2n) is 5.04. The van der Waals surface area contributed by atoms with Crippen LogP contribution in [0.2, 0.25) is 0 Å². The van der Waals surface area contributed by atoms with Crippen LogP contribution in [0.3, 0.4) is 0 Å². The summed E-state index contributed by atoms with van der Waals surface area (Å²) >= 11 is 0. The molecule has 110 valence electrons. The van der Waals surface area contributed by atoms with Crippen LogP contribution in [0.4, 0.5) is 0 Å². The molecule has 0 aromatic carbocycles. The third-order valence-corrected chi connectivity index (χ3v) is 3.67. The first-order valence-electron chi connectivity index (χ1n) is 7.21. The summed E-state index contributed by atoms with van der Waals surface area (Å²) in [6.07, 6.45) is 4.74. The summed E-state index contributed by atoms with van der Waals surface area (Å²) < 4.78 is 5.23. The number of carbonyl (C=O) groups excluding carboxylic acids is 1. The second-order valence-corrected chi connectivity index (χ2v) is 5.04. The Morgan fingerprint density at radius 1 is 1.21 bits per heavy atom. The molecule has 1 rings (SSSR count). The number of carbonyl (C=O) groups is 2. The lowest BCUT2D eigenvalue weighted by Gasteiger charge is -2.29. The van der Waals surface area contributed by atoms with E-state index < -0.39 is 11.9 Å². The van der Waals surface area contributed by atoms with Crippen LogP contribution in [0.25, 0.3) is 0 Å². The van der Waals surface area contributed by atoms with Crippen molar-refractivity contribution in [2.45, 2.75) is 52.0 Å². The highest BCUT2D eigenvalue weighted by Crippen LogP contribution is 2.21. The van der Waals surface area contributed by atoms with Crippen LogP contribution in [0, 0.1) is 5.92 Å². The van der Waals surface area contributed by atoms with Crippen LogP contribution in [0.15, 0.2) is 0 Å². The maximum Gasteiger partial charge on any atom is 0.311 e. The Balaban J connectivity index is 2.51. The van der Waals surface area contributed by atoms with E-state index in [4.69, 9.17) is 9.84 Å². The molecule has 1 aliphatic heterocycles. The third kappa shape index (κ3) is 4.49. The van der Waals surface area contributed by atoms with Gasteiger partial charge in [0.05, 0.1) is 19.3 Å². The van der Waals surface area contributed by atoms with Crippen LogP contribution >= 0.6 is 0 Å². The number of ether oxygens (including phenoxy) is 1. The summed E-state index contributed by atoms with van der Waals surface area (Å²) in [5.41, 5.74) is 0. The van der Waals surface area contributed by atoms with Gasteiger partial charge in [-0.15, -0.1) is 0 Å². The number of hydrogen-bond donors (Lipinski definition) is 1. The van der Waals surface area contributed by atoms with Gasteiger partial charge >= 0.3 is 5.97 Å². The summed E-state index contributed by atoms with van der Waals surface area (Å²) in [4.78, 5) is 25.0. The molecule has 1 amide bonds. The number of unbranched alkanes of at least 4 members (excludes halogenated alkanes) is 3. The SMILES string of the molecule is CCCCCCC(=O)N(CC)C1COCC1C(=O)O. The van der Waals surface area contributed by atoms with Crippen molar-refractivity contribution in [2.24, 2.45) is 5.92 Å². The molecular formula is C14H25NO4. The van der Waals surface area contributed by atoms with Gasteiger partial charge in [0.25, 0.3) is 0 Å². The first kappa shape index (κ1) is 16.0. The number of nitrogens with zero attached hydrogens (tertiary/aromatic N) is 1. The van der Waals surface area contributed by atoms with E-state index in [1.54, 1.807) is 4.90 Å². The van der Waals surface area contributed by atoms with Crippen molar-refractivity contribution >= 4 is 11.9 Å². The molecule has 1 saturated heterocycles. The van der Waals surface area contributed by atoms with Gasteiger partial charge in [-0.05, 0) is 13.3 Å². The van der Waals surface area contributed by atoms with Crippen molar-refractivity contribution in [1.29, 1.82) is 0 Å². The van der Waals surface area contributed by atoms with Crippen molar-refractivity contribution in [3.05, 3.63) is 0 Å². The number of likely N-dealkylation sites (N-methyl/N-ethyl adjacent to an activating group) is 1. The van der Waals surface area contributed by atoms with Crippen LogP contribution < -0.4 is 0 Å². The van der Waals surface area contributed by atoms with E-state index in [0.717, 1.165) is 25.7 Å². The minimum absolute atomic E-state index is 0.0559. The topological polar surface area (TPSA) is 66.8 Å². The summed E-state index contributed by atoms with van der Waals surface area (Å²) in [6.45, 7) is 5.12. The number of amides is 1. The van der Waals surface area contributed by atoms with E-state index in [9.17, 15) is 9.59 Å². The maximum absolute atomic E-state index is 12.2. The molecule has 5 heteroatoms. The van der Waals surface area contributed by atoms with Crippen LogP contribution in [-0.4, -0.2) is 47.7 Å². The summed E-state index contributed by atoms with van der Waals surface area (Å²) in [6, 6.07) is -0.304. The smallest absolute Gasteiger partial charge is 0.311 e. The van der Waals surface area contributed by atoms with Crippen LogP contribution in [-0.2, 0) is 14.3 Å². The lowest BCUT2D eigenvalue weighted by molar-refractivity contribution is -0.145. The summed E-state index contributed by atoms with van der Waals surface area (Å²) in [5, 5.41) is 9.14. The highest BCUT2D eigenvalue weighted by Gasteiger charge is 2.39. The van der Waals surface area contributed by atoms with Crippen LogP contribution in [0.1, 0.15) is 46.0 Å². The molecule has 1 heterocycles. The monoisotopic (exact) mass is 271 g/mol. The van der Waals surface area contributed by atoms with Gasteiger partial charge in [0.1, 0.15) is 5.92 Å². The van der Waals surface area contributed by atoms with E-state index in [0.29, 0.717) is 19.6 Å². The van der Waals surface area contributed by atoms with Crippen molar-refractivity contribution in [2.75, 3.05) is 19.8 Å². The predicted molar refractivity (Wildman–Crippen MR) is 71.9 cm³/mol. The largest absolute Gasteiger partial charge is 0.481 e. The van der Waals surface area contributed by atoms with Gasteiger partial charge in [-0.2, -0.15) is 0 Å². The first-order valence-corrected chi connectivity index (χ1v) is 7.21. The molecule has 0 bridgehead atoms. The lowest BCUT2D eigenvalue weighted by Crippen LogP contribution is -2.46. The minimum atomic E-state index is -0.875. The molecule has 1 fully saturated rings. The van der Waals surface area contributed by atoms with Gasteiger partial charge in [0, 0.05) is 13.0 Å². The van der Waals surface area contributed by atoms with E-state index >= 15 is 0 Å². The van der Waals surface area contributed by atoms with Crippen LogP contribution in [0.5, 0.6) is 0 Å². The Kier molecular flexibility index (Phi) is 6.84. The Morgan fingerprint density at radius 2 is 1.95 bits per heavy atom. The Hall–Kier alpha value is -1.10. The first-order chi connectivity index (χ1) is 9.11. The lowest BCUT2D eigenvalue weighted by atomic mass is 10.0. The maximum atomic E-state index is 12.2. The Morgan fingerprint density at radius 3 is 2.53 bits per heavy atom. The van der Waals surface area contributed by atoms with Gasteiger partial charge in [-0.3, -0.25) is 9.59 Å². The van der Waals surface area contributed by atoms with E-state index in [1.807, 2.05) is 6.92 Å². The quantitative estimate of drug-likeness (QED) is 0.685.